The van der Waals surface area contributed by atoms with E-state index in [1.165, 1.54) is 0 Å². The summed E-state index contributed by atoms with van der Waals surface area (Å²) in [5.41, 5.74) is 1.06. The molecule has 0 aliphatic carbocycles. The molecule has 2 nitrogen and oxygen atoms in total. The maximum absolute atomic E-state index is 5.74. The molecule has 0 bridgehead atoms. The third-order valence-electron chi connectivity index (χ3n) is 1.37. The molecule has 0 saturated heterocycles. The van der Waals surface area contributed by atoms with Gasteiger partial charge in [0.25, 0.3) is 0 Å². The zero-order chi connectivity index (χ0) is 9.84. The fourth-order valence-corrected chi connectivity index (χ4v) is 1.56. The second-order valence-electron chi connectivity index (χ2n) is 2.79. The molecule has 0 fully saturated rings. The molecule has 0 aliphatic rings. The molecule has 0 aromatic carbocycles. The van der Waals surface area contributed by atoms with E-state index in [0.717, 1.165) is 15.9 Å². The Morgan fingerprint density at radius 2 is 2.46 bits per heavy atom. The van der Waals surface area contributed by atoms with Crippen molar-refractivity contribution in [2.24, 2.45) is 0 Å². The fraction of sp³-hybridized carbons (Fsp3) is 0.222. The zero-order valence-electron chi connectivity index (χ0n) is 7.27. The van der Waals surface area contributed by atoms with Crippen LogP contribution >= 0.6 is 27.5 Å². The minimum atomic E-state index is 0.618. The third-order valence-corrected chi connectivity index (χ3v) is 2.18. The van der Waals surface area contributed by atoms with Crippen molar-refractivity contribution in [3.63, 3.8) is 0 Å². The Kier molecular flexibility index (Phi) is 3.75. The van der Waals surface area contributed by atoms with Crippen molar-refractivity contribution in [2.75, 3.05) is 11.9 Å². The van der Waals surface area contributed by atoms with Crippen LogP contribution in [0.5, 0.6) is 0 Å². The normalized spacial score (nSPS) is 9.77. The molecule has 1 N–H and O–H groups in total. The van der Waals surface area contributed by atoms with Gasteiger partial charge in [-0.05, 0) is 28.9 Å². The first kappa shape index (κ1) is 10.5. The zero-order valence-corrected chi connectivity index (χ0v) is 9.61. The van der Waals surface area contributed by atoms with E-state index >= 15 is 0 Å². The van der Waals surface area contributed by atoms with Gasteiger partial charge in [0.15, 0.2) is 0 Å². The van der Waals surface area contributed by atoms with Crippen LogP contribution in [0.25, 0.3) is 0 Å². The summed E-state index contributed by atoms with van der Waals surface area (Å²) in [4.78, 5) is 4.12. The predicted molar refractivity (Wildman–Crippen MR) is 60.3 cm³/mol. The lowest BCUT2D eigenvalue weighted by Gasteiger charge is -2.06. The highest BCUT2D eigenvalue weighted by atomic mass is 79.9. The van der Waals surface area contributed by atoms with Gasteiger partial charge in [-0.15, -0.1) is 0 Å². The Hall–Kier alpha value is -0.540. The van der Waals surface area contributed by atoms with Crippen molar-refractivity contribution in [1.29, 1.82) is 0 Å². The number of hydrogen-bond acceptors (Lipinski definition) is 2. The quantitative estimate of drug-likeness (QED) is 0.843. The Morgan fingerprint density at radius 3 is 3.00 bits per heavy atom. The van der Waals surface area contributed by atoms with Crippen molar-refractivity contribution in [3.8, 4) is 0 Å². The molecule has 1 rings (SSSR count). The lowest BCUT2D eigenvalue weighted by Crippen LogP contribution is -2.04. The van der Waals surface area contributed by atoms with Crippen LogP contribution in [-0.2, 0) is 0 Å². The third kappa shape index (κ3) is 3.36. The van der Waals surface area contributed by atoms with Gasteiger partial charge in [-0.2, -0.15) is 0 Å². The average Bonchev–Trinajstić information content (AvgIpc) is 2.02. The number of rotatable bonds is 3. The molecule has 13 heavy (non-hydrogen) atoms. The topological polar surface area (TPSA) is 24.9 Å². The Labute approximate surface area is 91.1 Å². The van der Waals surface area contributed by atoms with E-state index in [-0.39, 0.29) is 0 Å². The Bertz CT molecular complexity index is 325. The van der Waals surface area contributed by atoms with Crippen molar-refractivity contribution < 1.29 is 0 Å². The molecule has 0 unspecified atom stereocenters. The van der Waals surface area contributed by atoms with Crippen molar-refractivity contribution >= 4 is 33.3 Å². The van der Waals surface area contributed by atoms with Crippen LogP contribution in [0.15, 0.2) is 28.9 Å². The average molecular weight is 262 g/mol. The predicted octanol–water partition coefficient (Wildman–Crippen LogP) is 3.49. The molecule has 70 valence electrons. The van der Waals surface area contributed by atoms with Gasteiger partial charge < -0.3 is 5.32 Å². The van der Waals surface area contributed by atoms with Crippen molar-refractivity contribution in [1.82, 2.24) is 4.98 Å². The van der Waals surface area contributed by atoms with E-state index < -0.39 is 0 Å². The van der Waals surface area contributed by atoms with Gasteiger partial charge in [0.1, 0.15) is 5.82 Å². The molecule has 0 aliphatic heterocycles. The number of hydrogen-bond donors (Lipinski definition) is 1. The van der Waals surface area contributed by atoms with E-state index in [1.807, 2.05) is 6.92 Å². The molecule has 1 heterocycles. The van der Waals surface area contributed by atoms with Crippen LogP contribution in [0.2, 0.25) is 5.02 Å². The van der Waals surface area contributed by atoms with Gasteiger partial charge in [0.05, 0.1) is 9.50 Å². The van der Waals surface area contributed by atoms with Crippen LogP contribution in [-0.4, -0.2) is 11.5 Å². The highest BCUT2D eigenvalue weighted by molar-refractivity contribution is 9.10. The van der Waals surface area contributed by atoms with Gasteiger partial charge >= 0.3 is 0 Å². The summed E-state index contributed by atoms with van der Waals surface area (Å²) in [5.74, 6) is 0.785. The van der Waals surface area contributed by atoms with Crippen LogP contribution < -0.4 is 5.32 Å². The number of aromatic nitrogens is 1. The summed E-state index contributed by atoms with van der Waals surface area (Å²) in [6.45, 7) is 6.46. The van der Waals surface area contributed by atoms with Crippen LogP contribution in [0.1, 0.15) is 6.92 Å². The van der Waals surface area contributed by atoms with Crippen molar-refractivity contribution in [3.05, 3.63) is 33.9 Å². The minimum absolute atomic E-state index is 0.618. The van der Waals surface area contributed by atoms with E-state index in [2.05, 4.69) is 32.8 Å². The van der Waals surface area contributed by atoms with Crippen LogP contribution in [0.4, 0.5) is 5.82 Å². The number of nitrogens with zero attached hydrogens (tertiary/aromatic N) is 1. The maximum atomic E-state index is 5.74. The first-order valence-electron chi connectivity index (χ1n) is 3.79. The minimum Gasteiger partial charge on any atom is -0.365 e. The van der Waals surface area contributed by atoms with E-state index in [0.29, 0.717) is 11.6 Å². The maximum Gasteiger partial charge on any atom is 0.140 e. The van der Waals surface area contributed by atoms with Gasteiger partial charge in [-0.25, -0.2) is 4.98 Å². The standard InChI is InChI=1S/C9H10BrClN2/c1-6(2)4-12-9-8(10)3-7(11)5-13-9/h3,5H,1,4H2,2H3,(H,12,13). The van der Waals surface area contributed by atoms with Crippen LogP contribution in [0, 0.1) is 0 Å². The lowest BCUT2D eigenvalue weighted by molar-refractivity contribution is 1.16. The summed E-state index contributed by atoms with van der Waals surface area (Å²) < 4.78 is 0.862. The molecule has 0 radical (unpaired) electrons. The van der Waals surface area contributed by atoms with Gasteiger partial charge in [0.2, 0.25) is 0 Å². The molecule has 1 aromatic rings. The Morgan fingerprint density at radius 1 is 1.77 bits per heavy atom. The molecule has 4 heteroatoms. The number of anilines is 1. The summed E-state index contributed by atoms with van der Waals surface area (Å²) in [6, 6.07) is 1.80. The second kappa shape index (κ2) is 4.63. The van der Waals surface area contributed by atoms with Gasteiger partial charge in [-0.3, -0.25) is 0 Å². The highest BCUT2D eigenvalue weighted by Gasteiger charge is 2.00. The largest absolute Gasteiger partial charge is 0.365 e. The molecule has 0 amide bonds. The number of nitrogens with one attached hydrogen (secondary N) is 1. The smallest absolute Gasteiger partial charge is 0.140 e. The van der Waals surface area contributed by atoms with E-state index in [1.54, 1.807) is 12.3 Å². The summed E-state index contributed by atoms with van der Waals surface area (Å²) in [6.07, 6.45) is 1.60. The first-order chi connectivity index (χ1) is 6.09. The second-order valence-corrected chi connectivity index (χ2v) is 4.09. The van der Waals surface area contributed by atoms with Crippen molar-refractivity contribution in [2.45, 2.75) is 6.92 Å². The summed E-state index contributed by atoms with van der Waals surface area (Å²) >= 11 is 9.10. The fourth-order valence-electron chi connectivity index (χ4n) is 0.779. The summed E-state index contributed by atoms with van der Waals surface area (Å²) in [5, 5.41) is 3.74. The Balaban J connectivity index is 2.72. The molecular weight excluding hydrogens is 251 g/mol. The highest BCUT2D eigenvalue weighted by Crippen LogP contribution is 2.22. The van der Waals surface area contributed by atoms with E-state index in [4.69, 9.17) is 11.6 Å². The first-order valence-corrected chi connectivity index (χ1v) is 4.96. The SMILES string of the molecule is C=C(C)CNc1ncc(Cl)cc1Br. The molecule has 0 atom stereocenters. The van der Waals surface area contributed by atoms with Gasteiger partial charge in [0, 0.05) is 12.7 Å². The number of pyridine rings is 1. The molecule has 0 spiro atoms. The summed E-state index contributed by atoms with van der Waals surface area (Å²) in [7, 11) is 0. The van der Waals surface area contributed by atoms with Gasteiger partial charge in [-0.1, -0.05) is 23.8 Å². The molecule has 1 aromatic heterocycles. The number of halogens is 2. The monoisotopic (exact) mass is 260 g/mol. The lowest BCUT2D eigenvalue weighted by atomic mass is 10.3. The van der Waals surface area contributed by atoms with Crippen LogP contribution in [0.3, 0.4) is 0 Å². The molecule has 0 saturated carbocycles. The van der Waals surface area contributed by atoms with E-state index in [9.17, 15) is 0 Å². The molecular formula is C9H10BrClN2.